The summed E-state index contributed by atoms with van der Waals surface area (Å²) in [5.41, 5.74) is 0.701. The number of rotatable bonds is 4. The minimum absolute atomic E-state index is 0.0472. The van der Waals surface area contributed by atoms with E-state index in [2.05, 4.69) is 0 Å². The Morgan fingerprint density at radius 1 is 1.11 bits per heavy atom. The van der Waals surface area contributed by atoms with Gasteiger partial charge in [-0.05, 0) is 24.3 Å². The number of hydrogen-bond acceptors (Lipinski definition) is 4. The van der Waals surface area contributed by atoms with E-state index in [0.29, 0.717) is 24.3 Å². The Hall–Kier alpha value is -3.28. The van der Waals surface area contributed by atoms with Crippen LogP contribution in [0.2, 0.25) is 0 Å². The number of amides is 1. The molecule has 27 heavy (non-hydrogen) atoms. The number of para-hydroxylation sites is 3. The van der Waals surface area contributed by atoms with Gasteiger partial charge >= 0.3 is 0 Å². The van der Waals surface area contributed by atoms with Gasteiger partial charge in [0.05, 0.1) is 12.1 Å². The lowest BCUT2D eigenvalue weighted by molar-refractivity contribution is -0.131. The van der Waals surface area contributed by atoms with Gasteiger partial charge in [-0.3, -0.25) is 9.59 Å². The van der Waals surface area contributed by atoms with E-state index in [9.17, 15) is 9.59 Å². The van der Waals surface area contributed by atoms with Crippen molar-refractivity contribution in [3.63, 3.8) is 0 Å². The van der Waals surface area contributed by atoms with Gasteiger partial charge in [-0.15, -0.1) is 0 Å². The summed E-state index contributed by atoms with van der Waals surface area (Å²) in [5.74, 6) is 1.36. The van der Waals surface area contributed by atoms with Gasteiger partial charge in [-0.25, -0.2) is 0 Å². The van der Waals surface area contributed by atoms with Crippen LogP contribution in [0.5, 0.6) is 11.5 Å². The van der Waals surface area contributed by atoms with Gasteiger partial charge in [-0.1, -0.05) is 24.3 Å². The minimum atomic E-state index is -0.223. The third kappa shape index (κ3) is 3.51. The van der Waals surface area contributed by atoms with E-state index >= 15 is 0 Å². The molecule has 0 N–H and O–H groups in total. The van der Waals surface area contributed by atoms with Gasteiger partial charge in [0.1, 0.15) is 13.2 Å². The Labute approximate surface area is 156 Å². The molecule has 1 aliphatic heterocycles. The number of carbonyl (C=O) groups excluding carboxylic acids is 1. The zero-order valence-corrected chi connectivity index (χ0v) is 15.0. The summed E-state index contributed by atoms with van der Waals surface area (Å²) in [4.78, 5) is 26.3. The highest BCUT2D eigenvalue weighted by Gasteiger charge is 2.23. The molecule has 6 nitrogen and oxygen atoms in total. The Morgan fingerprint density at radius 3 is 2.70 bits per heavy atom. The van der Waals surface area contributed by atoms with Crippen molar-refractivity contribution in [1.82, 2.24) is 9.47 Å². The lowest BCUT2D eigenvalue weighted by atomic mass is 10.2. The number of nitrogens with zero attached hydrogens (tertiary/aromatic N) is 2. The summed E-state index contributed by atoms with van der Waals surface area (Å²) < 4.78 is 13.4. The van der Waals surface area contributed by atoms with Crippen molar-refractivity contribution in [3.8, 4) is 11.5 Å². The summed E-state index contributed by atoms with van der Waals surface area (Å²) in [6.07, 6.45) is 1.44. The van der Waals surface area contributed by atoms with Crippen LogP contribution in [-0.2, 0) is 11.3 Å². The first kappa shape index (κ1) is 17.1. The maximum atomic E-state index is 12.7. The largest absolute Gasteiger partial charge is 0.486 e. The van der Waals surface area contributed by atoms with Crippen LogP contribution < -0.4 is 14.9 Å². The van der Waals surface area contributed by atoms with Gasteiger partial charge < -0.3 is 18.9 Å². The first-order valence-corrected chi connectivity index (χ1v) is 8.82. The number of likely N-dealkylation sites (N-methyl/N-ethyl adjacent to an activating group) is 1. The highest BCUT2D eigenvalue weighted by molar-refractivity contribution is 5.82. The predicted octanol–water partition coefficient (Wildman–Crippen LogP) is 2.30. The maximum Gasteiger partial charge on any atom is 0.242 e. The molecule has 0 unspecified atom stereocenters. The number of pyridine rings is 1. The quantitative estimate of drug-likeness (QED) is 0.713. The van der Waals surface area contributed by atoms with E-state index in [1.54, 1.807) is 28.8 Å². The summed E-state index contributed by atoms with van der Waals surface area (Å²) in [5, 5.41) is 0.607. The van der Waals surface area contributed by atoms with Crippen LogP contribution in [0, 0.1) is 0 Å². The van der Waals surface area contributed by atoms with Gasteiger partial charge in [0.15, 0.2) is 23.0 Å². The molecule has 0 saturated heterocycles. The number of fused-ring (bicyclic) bond motifs is 2. The predicted molar refractivity (Wildman–Crippen MR) is 102 cm³/mol. The monoisotopic (exact) mass is 364 g/mol. The van der Waals surface area contributed by atoms with Crippen LogP contribution in [0.1, 0.15) is 0 Å². The Balaban J connectivity index is 1.45. The molecule has 4 rings (SSSR count). The van der Waals surface area contributed by atoms with Crippen molar-refractivity contribution in [2.75, 3.05) is 20.2 Å². The zero-order valence-electron chi connectivity index (χ0n) is 15.0. The summed E-state index contributed by atoms with van der Waals surface area (Å²) >= 11 is 0. The van der Waals surface area contributed by atoms with Crippen LogP contribution >= 0.6 is 0 Å². The first-order valence-electron chi connectivity index (χ1n) is 8.82. The van der Waals surface area contributed by atoms with Crippen LogP contribution in [0.3, 0.4) is 0 Å². The molecule has 1 aromatic heterocycles. The van der Waals surface area contributed by atoms with Gasteiger partial charge in [0, 0.05) is 24.7 Å². The molecule has 1 aliphatic rings. The molecule has 0 aliphatic carbocycles. The van der Waals surface area contributed by atoms with Crippen molar-refractivity contribution in [1.29, 1.82) is 0 Å². The molecule has 0 bridgehead atoms. The topological polar surface area (TPSA) is 60.8 Å². The van der Waals surface area contributed by atoms with Crippen molar-refractivity contribution in [2.45, 2.75) is 12.6 Å². The normalized spacial score (nSPS) is 15.5. The van der Waals surface area contributed by atoms with E-state index in [1.807, 2.05) is 42.5 Å². The van der Waals surface area contributed by atoms with Crippen LogP contribution in [0.25, 0.3) is 10.9 Å². The molecule has 2 heterocycles. The Bertz CT molecular complexity index is 1040. The smallest absolute Gasteiger partial charge is 0.242 e. The number of aromatic nitrogens is 1. The van der Waals surface area contributed by atoms with Crippen molar-refractivity contribution in [3.05, 3.63) is 71.0 Å². The molecule has 1 atom stereocenters. The van der Waals surface area contributed by atoms with Crippen LogP contribution in [-0.4, -0.2) is 41.7 Å². The molecular weight excluding hydrogens is 344 g/mol. The van der Waals surface area contributed by atoms with E-state index in [4.69, 9.17) is 9.47 Å². The number of carbonyl (C=O) groups is 1. The fourth-order valence-electron chi connectivity index (χ4n) is 3.22. The lowest BCUT2D eigenvalue weighted by Gasteiger charge is -2.29. The minimum Gasteiger partial charge on any atom is -0.486 e. The lowest BCUT2D eigenvalue weighted by Crippen LogP contribution is -2.42. The van der Waals surface area contributed by atoms with E-state index in [1.165, 1.54) is 6.07 Å². The Kier molecular flexibility index (Phi) is 4.54. The molecule has 138 valence electrons. The highest BCUT2D eigenvalue weighted by Crippen LogP contribution is 2.30. The SMILES string of the molecule is CN(C[C@@H]1COc2ccccc2O1)C(=O)Cn1ccc(=O)c2ccccc21. The molecule has 0 fully saturated rings. The zero-order chi connectivity index (χ0) is 18.8. The highest BCUT2D eigenvalue weighted by atomic mass is 16.6. The van der Waals surface area contributed by atoms with Gasteiger partial charge in [0.2, 0.25) is 5.91 Å². The molecule has 0 radical (unpaired) electrons. The molecule has 2 aromatic carbocycles. The van der Waals surface area contributed by atoms with Crippen molar-refractivity contribution >= 4 is 16.8 Å². The fourth-order valence-corrected chi connectivity index (χ4v) is 3.22. The van der Waals surface area contributed by atoms with Gasteiger partial charge in [-0.2, -0.15) is 0 Å². The average molecular weight is 364 g/mol. The third-order valence-corrected chi connectivity index (χ3v) is 4.66. The van der Waals surface area contributed by atoms with Crippen LogP contribution in [0.15, 0.2) is 65.6 Å². The summed E-state index contributed by atoms with van der Waals surface area (Å²) in [6.45, 7) is 0.975. The Morgan fingerprint density at radius 2 is 1.85 bits per heavy atom. The second-order valence-electron chi connectivity index (χ2n) is 6.60. The third-order valence-electron chi connectivity index (χ3n) is 4.66. The standard InChI is InChI=1S/C21H20N2O4/c1-22(12-15-14-26-19-8-4-5-9-20(19)27-15)21(25)13-23-11-10-18(24)16-6-2-3-7-17(16)23/h2-11,15H,12-14H2,1H3/t15-/m1/s1. The second-order valence-corrected chi connectivity index (χ2v) is 6.60. The number of hydrogen-bond donors (Lipinski definition) is 0. The number of benzene rings is 2. The van der Waals surface area contributed by atoms with E-state index < -0.39 is 0 Å². The summed E-state index contributed by atoms with van der Waals surface area (Å²) in [6, 6.07) is 16.3. The van der Waals surface area contributed by atoms with Crippen molar-refractivity contribution in [2.24, 2.45) is 0 Å². The number of ether oxygens (including phenoxy) is 2. The summed E-state index contributed by atoms with van der Waals surface area (Å²) in [7, 11) is 1.75. The molecule has 3 aromatic rings. The maximum absolute atomic E-state index is 12.7. The van der Waals surface area contributed by atoms with Crippen LogP contribution in [0.4, 0.5) is 0 Å². The average Bonchev–Trinajstić information content (AvgIpc) is 2.70. The van der Waals surface area contributed by atoms with Crippen molar-refractivity contribution < 1.29 is 14.3 Å². The van der Waals surface area contributed by atoms with Gasteiger partial charge in [0.25, 0.3) is 0 Å². The second kappa shape index (κ2) is 7.15. The molecular formula is C21H20N2O4. The van der Waals surface area contributed by atoms with E-state index in [0.717, 1.165) is 11.3 Å². The molecule has 1 amide bonds. The fraction of sp³-hybridized carbons (Fsp3) is 0.238. The molecule has 0 saturated carbocycles. The molecule has 0 spiro atoms. The first-order chi connectivity index (χ1) is 13.1. The van der Waals surface area contributed by atoms with E-state index in [-0.39, 0.29) is 24.0 Å². The molecule has 6 heteroatoms.